The van der Waals surface area contributed by atoms with E-state index in [4.69, 9.17) is 9.47 Å². The average Bonchev–Trinajstić information content (AvgIpc) is 2.51. The van der Waals surface area contributed by atoms with Crippen molar-refractivity contribution in [3.63, 3.8) is 0 Å². The van der Waals surface area contributed by atoms with Gasteiger partial charge >= 0.3 is 0 Å². The van der Waals surface area contributed by atoms with Crippen molar-refractivity contribution in [3.05, 3.63) is 39.5 Å². The molecule has 0 bridgehead atoms. The summed E-state index contributed by atoms with van der Waals surface area (Å²) in [6.45, 7) is 6.36. The zero-order valence-electron chi connectivity index (χ0n) is 13.4. The summed E-state index contributed by atoms with van der Waals surface area (Å²) < 4.78 is 12.1. The SMILES string of the molecule is C=CCOc1c(I)cc(/C=C(/C#N)C(=O)N(C)C)cc1OCC. The molecule has 6 heteroatoms. The molecule has 0 aliphatic carbocycles. The zero-order chi connectivity index (χ0) is 17.4. The largest absolute Gasteiger partial charge is 0.490 e. The lowest BCUT2D eigenvalue weighted by Gasteiger charge is -2.14. The van der Waals surface area contributed by atoms with E-state index in [-0.39, 0.29) is 11.5 Å². The van der Waals surface area contributed by atoms with Gasteiger partial charge in [-0.25, -0.2) is 0 Å². The van der Waals surface area contributed by atoms with Crippen LogP contribution >= 0.6 is 22.6 Å². The average molecular weight is 426 g/mol. The van der Waals surface area contributed by atoms with Crippen LogP contribution in [0.3, 0.4) is 0 Å². The molecule has 0 heterocycles. The number of carbonyl (C=O) groups is 1. The molecule has 0 saturated carbocycles. The predicted octanol–water partition coefficient (Wildman–Crippen LogP) is 3.25. The van der Waals surface area contributed by atoms with Crippen LogP contribution in [0.5, 0.6) is 11.5 Å². The molecule has 0 aliphatic rings. The molecule has 0 saturated heterocycles. The summed E-state index contributed by atoms with van der Waals surface area (Å²) >= 11 is 2.13. The van der Waals surface area contributed by atoms with Gasteiger partial charge in [0.1, 0.15) is 18.2 Å². The maximum Gasteiger partial charge on any atom is 0.264 e. The van der Waals surface area contributed by atoms with Crippen molar-refractivity contribution in [2.75, 3.05) is 27.3 Å². The van der Waals surface area contributed by atoms with Gasteiger partial charge in [0.25, 0.3) is 5.91 Å². The molecule has 23 heavy (non-hydrogen) atoms. The predicted molar refractivity (Wildman–Crippen MR) is 98.3 cm³/mol. The van der Waals surface area contributed by atoms with Gasteiger partial charge in [0.05, 0.1) is 10.2 Å². The van der Waals surface area contributed by atoms with Crippen LogP contribution in [0.25, 0.3) is 6.08 Å². The first-order valence-corrected chi connectivity index (χ1v) is 8.05. The molecule has 0 radical (unpaired) electrons. The second-order valence-corrected chi connectivity index (χ2v) is 5.89. The molecule has 0 aromatic heterocycles. The summed E-state index contributed by atoms with van der Waals surface area (Å²) in [6.07, 6.45) is 3.20. The van der Waals surface area contributed by atoms with Crippen LogP contribution in [0.4, 0.5) is 0 Å². The van der Waals surface area contributed by atoms with Gasteiger partial charge < -0.3 is 14.4 Å². The molecule has 1 amide bonds. The summed E-state index contributed by atoms with van der Waals surface area (Å²) in [7, 11) is 3.21. The maximum absolute atomic E-state index is 11.9. The number of amides is 1. The second kappa shape index (κ2) is 9.20. The first-order chi connectivity index (χ1) is 10.9. The summed E-state index contributed by atoms with van der Waals surface area (Å²) in [6, 6.07) is 5.52. The lowest BCUT2D eigenvalue weighted by atomic mass is 10.1. The monoisotopic (exact) mass is 426 g/mol. The number of halogens is 1. The molecule has 1 aromatic carbocycles. The second-order valence-electron chi connectivity index (χ2n) is 4.73. The Morgan fingerprint density at radius 3 is 2.65 bits per heavy atom. The lowest BCUT2D eigenvalue weighted by molar-refractivity contribution is -0.124. The third-order valence-corrected chi connectivity index (χ3v) is 3.55. The summed E-state index contributed by atoms with van der Waals surface area (Å²) in [4.78, 5) is 13.3. The fraction of sp³-hybridized carbons (Fsp3) is 0.294. The molecule has 0 aliphatic heterocycles. The summed E-state index contributed by atoms with van der Waals surface area (Å²) in [5.74, 6) is 0.858. The first kappa shape index (κ1) is 19.0. The Morgan fingerprint density at radius 1 is 1.43 bits per heavy atom. The lowest BCUT2D eigenvalue weighted by Crippen LogP contribution is -2.22. The van der Waals surface area contributed by atoms with Crippen molar-refractivity contribution in [1.29, 1.82) is 5.26 Å². The normalized spacial score (nSPS) is 10.7. The minimum absolute atomic E-state index is 0.0630. The number of benzene rings is 1. The fourth-order valence-corrected chi connectivity index (χ4v) is 2.55. The van der Waals surface area contributed by atoms with Gasteiger partial charge in [0.15, 0.2) is 11.5 Å². The number of ether oxygens (including phenoxy) is 2. The Kier molecular flexibility index (Phi) is 7.62. The standard InChI is InChI=1S/C17H19IN2O3/c1-5-7-23-16-14(18)9-12(10-15(16)22-6-2)8-13(11-19)17(21)20(3)4/h5,8-10H,1,6-7H2,2-4H3/b13-8-. The fourth-order valence-electron chi connectivity index (χ4n) is 1.77. The Balaban J connectivity index is 3.30. The molecule has 5 nitrogen and oxygen atoms in total. The van der Waals surface area contributed by atoms with Crippen LogP contribution in [0.1, 0.15) is 12.5 Å². The van der Waals surface area contributed by atoms with E-state index in [1.165, 1.54) is 4.90 Å². The molecule has 0 N–H and O–H groups in total. The van der Waals surface area contributed by atoms with E-state index in [1.807, 2.05) is 19.1 Å². The van der Waals surface area contributed by atoms with Gasteiger partial charge in [0.2, 0.25) is 0 Å². The molecule has 1 aromatic rings. The molecule has 122 valence electrons. The van der Waals surface area contributed by atoms with Crippen LogP contribution < -0.4 is 9.47 Å². The number of nitrogens with zero attached hydrogens (tertiary/aromatic N) is 2. The van der Waals surface area contributed by atoms with E-state index >= 15 is 0 Å². The van der Waals surface area contributed by atoms with E-state index in [9.17, 15) is 10.1 Å². The highest BCUT2D eigenvalue weighted by Gasteiger charge is 2.14. The van der Waals surface area contributed by atoms with Crippen LogP contribution in [0.2, 0.25) is 0 Å². The minimum atomic E-state index is -0.340. The Bertz CT molecular complexity index is 661. The van der Waals surface area contributed by atoms with E-state index in [0.29, 0.717) is 30.3 Å². The minimum Gasteiger partial charge on any atom is -0.490 e. The highest BCUT2D eigenvalue weighted by molar-refractivity contribution is 14.1. The van der Waals surface area contributed by atoms with E-state index in [2.05, 4.69) is 29.2 Å². The number of hydrogen-bond donors (Lipinski definition) is 0. The summed E-state index contributed by atoms with van der Waals surface area (Å²) in [5.41, 5.74) is 0.767. The molecule has 0 spiro atoms. The number of nitriles is 1. The third kappa shape index (κ3) is 5.28. The Labute approximate surface area is 150 Å². The Hall–Kier alpha value is -2.01. The number of likely N-dealkylation sites (N-methyl/N-ethyl adjacent to an activating group) is 1. The number of carbonyl (C=O) groups excluding carboxylic acids is 1. The molecular formula is C17H19IN2O3. The number of hydrogen-bond acceptors (Lipinski definition) is 4. The number of rotatable bonds is 7. The zero-order valence-corrected chi connectivity index (χ0v) is 15.6. The van der Waals surface area contributed by atoms with Crippen LogP contribution in [-0.4, -0.2) is 38.1 Å². The molecule has 0 fully saturated rings. The van der Waals surface area contributed by atoms with E-state index in [1.54, 1.807) is 32.3 Å². The van der Waals surface area contributed by atoms with Crippen molar-refractivity contribution >= 4 is 34.6 Å². The summed E-state index contributed by atoms with van der Waals surface area (Å²) in [5, 5.41) is 9.18. The molecule has 1 rings (SSSR count). The maximum atomic E-state index is 11.9. The first-order valence-electron chi connectivity index (χ1n) is 6.98. The van der Waals surface area contributed by atoms with Crippen molar-refractivity contribution in [2.24, 2.45) is 0 Å². The van der Waals surface area contributed by atoms with E-state index in [0.717, 1.165) is 3.57 Å². The van der Waals surface area contributed by atoms with Gasteiger partial charge in [-0.3, -0.25) is 4.79 Å². The Morgan fingerprint density at radius 2 is 2.13 bits per heavy atom. The third-order valence-electron chi connectivity index (χ3n) is 2.75. The highest BCUT2D eigenvalue weighted by Crippen LogP contribution is 2.35. The van der Waals surface area contributed by atoms with Crippen molar-refractivity contribution in [3.8, 4) is 17.6 Å². The van der Waals surface area contributed by atoms with Gasteiger partial charge in [0, 0.05) is 14.1 Å². The van der Waals surface area contributed by atoms with Crippen LogP contribution in [-0.2, 0) is 4.79 Å². The van der Waals surface area contributed by atoms with Gasteiger partial charge in [-0.1, -0.05) is 12.7 Å². The van der Waals surface area contributed by atoms with Gasteiger partial charge in [-0.2, -0.15) is 5.26 Å². The molecule has 0 unspecified atom stereocenters. The van der Waals surface area contributed by atoms with Crippen LogP contribution in [0, 0.1) is 14.9 Å². The smallest absolute Gasteiger partial charge is 0.264 e. The quantitative estimate of drug-likeness (QED) is 0.291. The van der Waals surface area contributed by atoms with Crippen LogP contribution in [0.15, 0.2) is 30.4 Å². The van der Waals surface area contributed by atoms with Gasteiger partial charge in [-0.05, 0) is 53.3 Å². The topological polar surface area (TPSA) is 62.6 Å². The van der Waals surface area contributed by atoms with Crippen molar-refractivity contribution < 1.29 is 14.3 Å². The molecule has 0 atom stereocenters. The van der Waals surface area contributed by atoms with Crippen molar-refractivity contribution in [1.82, 2.24) is 4.90 Å². The van der Waals surface area contributed by atoms with Gasteiger partial charge in [-0.15, -0.1) is 0 Å². The highest BCUT2D eigenvalue weighted by atomic mass is 127. The van der Waals surface area contributed by atoms with Crippen molar-refractivity contribution in [2.45, 2.75) is 6.92 Å². The molecular weight excluding hydrogens is 407 g/mol. The van der Waals surface area contributed by atoms with E-state index < -0.39 is 0 Å².